The molecule has 2 bridgehead atoms. The molecule has 0 aliphatic carbocycles. The summed E-state index contributed by atoms with van der Waals surface area (Å²) in [6.07, 6.45) is 5.35. The van der Waals surface area contributed by atoms with E-state index in [1.54, 1.807) is 17.3 Å². The molecular weight excluding hydrogens is 532 g/mol. The molecule has 42 heavy (non-hydrogen) atoms. The number of likely N-dealkylation sites (tertiary alicyclic amines) is 1. The number of benzene rings is 2. The Bertz CT molecular complexity index is 1340. The Hall–Kier alpha value is -4.40. The maximum Gasteiger partial charge on any atom is 0.226 e. The Labute approximate surface area is 246 Å². The number of nitrogens with one attached hydrogen (secondary N) is 1. The predicted molar refractivity (Wildman–Crippen MR) is 158 cm³/mol. The van der Waals surface area contributed by atoms with Crippen molar-refractivity contribution in [3.05, 3.63) is 90.3 Å². The van der Waals surface area contributed by atoms with Crippen molar-refractivity contribution in [1.82, 2.24) is 20.1 Å². The Balaban J connectivity index is 1.22. The number of aryl methyl sites for hydroxylation is 1. The number of ether oxygens (including phenoxy) is 2. The van der Waals surface area contributed by atoms with Gasteiger partial charge in [0.2, 0.25) is 17.7 Å². The van der Waals surface area contributed by atoms with Crippen molar-refractivity contribution in [2.45, 2.75) is 31.6 Å². The third kappa shape index (κ3) is 7.87. The molecule has 2 aromatic carbocycles. The van der Waals surface area contributed by atoms with E-state index in [2.05, 4.69) is 10.3 Å². The summed E-state index contributed by atoms with van der Waals surface area (Å²) < 4.78 is 11.8. The van der Waals surface area contributed by atoms with Crippen LogP contribution in [0.4, 0.5) is 0 Å². The fraction of sp³-hybridized carbons (Fsp3) is 0.394. The molecule has 3 heterocycles. The average Bonchev–Trinajstić information content (AvgIpc) is 3.48. The number of carbonyl (C=O) groups excluding carboxylic acids is 3. The zero-order valence-corrected chi connectivity index (χ0v) is 23.8. The van der Waals surface area contributed by atoms with Gasteiger partial charge in [0.1, 0.15) is 18.1 Å². The third-order valence-corrected chi connectivity index (χ3v) is 7.89. The molecule has 0 saturated carbocycles. The Morgan fingerprint density at radius 3 is 2.52 bits per heavy atom. The van der Waals surface area contributed by atoms with Crippen LogP contribution in [0, 0.1) is 5.92 Å². The molecule has 2 aliphatic heterocycles. The van der Waals surface area contributed by atoms with Crippen LogP contribution < -0.4 is 14.8 Å². The summed E-state index contributed by atoms with van der Waals surface area (Å²) in [5, 5.41) is 3.08. The van der Waals surface area contributed by atoms with Gasteiger partial charge in [-0.25, -0.2) is 0 Å². The van der Waals surface area contributed by atoms with Crippen LogP contribution in [-0.2, 0) is 20.8 Å². The van der Waals surface area contributed by atoms with Gasteiger partial charge < -0.3 is 24.6 Å². The number of aromatic nitrogens is 1. The first kappa shape index (κ1) is 29.1. The van der Waals surface area contributed by atoms with Crippen molar-refractivity contribution in [2.75, 3.05) is 45.9 Å². The summed E-state index contributed by atoms with van der Waals surface area (Å²) in [4.78, 5) is 47.2. The van der Waals surface area contributed by atoms with Crippen molar-refractivity contribution in [1.29, 1.82) is 0 Å². The molecule has 220 valence electrons. The molecule has 3 amide bonds. The van der Waals surface area contributed by atoms with Crippen LogP contribution in [-0.4, -0.2) is 78.4 Å². The lowest BCUT2D eigenvalue weighted by atomic mass is 9.88. The Morgan fingerprint density at radius 2 is 1.69 bits per heavy atom. The minimum atomic E-state index is -0.360. The number of amides is 3. The van der Waals surface area contributed by atoms with Crippen LogP contribution in [0.25, 0.3) is 0 Å². The van der Waals surface area contributed by atoms with E-state index in [9.17, 15) is 14.4 Å². The molecule has 0 spiro atoms. The highest BCUT2D eigenvalue weighted by Crippen LogP contribution is 2.35. The van der Waals surface area contributed by atoms with Gasteiger partial charge in [-0.2, -0.15) is 0 Å². The number of hydrogen-bond acceptors (Lipinski definition) is 6. The number of pyridine rings is 1. The van der Waals surface area contributed by atoms with Crippen molar-refractivity contribution >= 4 is 17.7 Å². The molecule has 3 aromatic rings. The van der Waals surface area contributed by atoms with E-state index in [0.717, 1.165) is 16.9 Å². The van der Waals surface area contributed by atoms with E-state index in [4.69, 9.17) is 9.47 Å². The van der Waals surface area contributed by atoms with Crippen LogP contribution in [0.2, 0.25) is 0 Å². The third-order valence-electron chi connectivity index (χ3n) is 7.89. The number of nitrogens with zero attached hydrogens (tertiary/aromatic N) is 3. The van der Waals surface area contributed by atoms with E-state index < -0.39 is 0 Å². The van der Waals surface area contributed by atoms with Crippen molar-refractivity contribution in [2.24, 2.45) is 5.92 Å². The lowest BCUT2D eigenvalue weighted by Crippen LogP contribution is -2.39. The van der Waals surface area contributed by atoms with Gasteiger partial charge in [0.15, 0.2) is 0 Å². The molecule has 2 aliphatic rings. The van der Waals surface area contributed by atoms with Crippen LogP contribution in [0.5, 0.6) is 11.5 Å². The number of para-hydroxylation sites is 1. The highest BCUT2D eigenvalue weighted by Gasteiger charge is 2.40. The second-order valence-corrected chi connectivity index (χ2v) is 10.7. The zero-order valence-electron chi connectivity index (χ0n) is 23.8. The number of carbonyl (C=O) groups is 3. The van der Waals surface area contributed by atoms with Crippen LogP contribution in [0.3, 0.4) is 0 Å². The summed E-state index contributed by atoms with van der Waals surface area (Å²) in [5.74, 6) is 0.899. The lowest BCUT2D eigenvalue weighted by molar-refractivity contribution is -0.132. The van der Waals surface area contributed by atoms with E-state index in [1.165, 1.54) is 0 Å². The van der Waals surface area contributed by atoms with Gasteiger partial charge in [-0.3, -0.25) is 19.4 Å². The van der Waals surface area contributed by atoms with Gasteiger partial charge in [0, 0.05) is 50.9 Å². The molecule has 1 aromatic heterocycles. The molecule has 0 unspecified atom stereocenters. The van der Waals surface area contributed by atoms with E-state index in [0.29, 0.717) is 70.9 Å². The quantitative estimate of drug-likeness (QED) is 0.467. The molecule has 9 heteroatoms. The van der Waals surface area contributed by atoms with Gasteiger partial charge in [0.05, 0.1) is 25.5 Å². The van der Waals surface area contributed by atoms with Crippen molar-refractivity contribution in [3.63, 3.8) is 0 Å². The first-order valence-electron chi connectivity index (χ1n) is 14.7. The first-order chi connectivity index (χ1) is 20.6. The van der Waals surface area contributed by atoms with E-state index >= 15 is 0 Å². The van der Waals surface area contributed by atoms with Crippen molar-refractivity contribution < 1.29 is 23.9 Å². The lowest BCUT2D eigenvalue weighted by Gasteiger charge is -2.24. The monoisotopic (exact) mass is 570 g/mol. The number of hydrogen-bond donors (Lipinski definition) is 1. The Morgan fingerprint density at radius 1 is 0.905 bits per heavy atom. The summed E-state index contributed by atoms with van der Waals surface area (Å²) in [5.41, 5.74) is 2.04. The van der Waals surface area contributed by atoms with Crippen molar-refractivity contribution in [3.8, 4) is 11.5 Å². The Kier molecular flexibility index (Phi) is 10.0. The maximum atomic E-state index is 13.4. The highest BCUT2D eigenvalue weighted by molar-refractivity contribution is 5.83. The van der Waals surface area contributed by atoms with Crippen LogP contribution in [0.1, 0.15) is 36.3 Å². The maximum absolute atomic E-state index is 13.4. The molecule has 9 nitrogen and oxygen atoms in total. The summed E-state index contributed by atoms with van der Waals surface area (Å²) in [6.45, 7) is 2.90. The minimum absolute atomic E-state index is 0.0153. The van der Waals surface area contributed by atoms with Gasteiger partial charge in [0.25, 0.3) is 0 Å². The van der Waals surface area contributed by atoms with Crippen LogP contribution in [0.15, 0.2) is 79.1 Å². The predicted octanol–water partition coefficient (Wildman–Crippen LogP) is 3.45. The molecule has 2 atom stereocenters. The molecular formula is C33H38N4O5. The topological polar surface area (TPSA) is 101 Å². The number of fused-ring (bicyclic) bond motifs is 4. The minimum Gasteiger partial charge on any atom is -0.493 e. The van der Waals surface area contributed by atoms with Gasteiger partial charge in [-0.15, -0.1) is 0 Å². The largest absolute Gasteiger partial charge is 0.493 e. The highest BCUT2D eigenvalue weighted by atomic mass is 16.5. The molecule has 1 N–H and O–H groups in total. The summed E-state index contributed by atoms with van der Waals surface area (Å²) >= 11 is 0. The van der Waals surface area contributed by atoms with Gasteiger partial charge in [-0.05, 0) is 60.4 Å². The smallest absolute Gasteiger partial charge is 0.226 e. The second kappa shape index (κ2) is 14.5. The average molecular weight is 571 g/mol. The summed E-state index contributed by atoms with van der Waals surface area (Å²) in [7, 11) is 0. The fourth-order valence-electron chi connectivity index (χ4n) is 5.58. The molecule has 5 rings (SSSR count). The molecule has 0 radical (unpaired) electrons. The molecule has 1 fully saturated rings. The van der Waals surface area contributed by atoms with Gasteiger partial charge in [-0.1, -0.05) is 30.3 Å². The van der Waals surface area contributed by atoms with E-state index in [-0.39, 0.29) is 36.0 Å². The standard InChI is InChI=1S/C33H38N4O5/c38-31(11-10-25-12-16-34-17-13-25)37-23-29-26-6-4-9-28(22-26)42-21-19-36(18-5-15-35-33(40)30(29)24-37)32(39)14-20-41-27-7-2-1-3-8-27/h1-4,6-9,12-13,16-17,22,29-30H,5,10-11,14-15,18-21,23-24H2,(H,35,40)/t29-,30+/m1/s1. The second-order valence-electron chi connectivity index (χ2n) is 10.7. The zero-order chi connectivity index (χ0) is 29.1. The number of rotatable bonds is 7. The fourth-order valence-corrected chi connectivity index (χ4v) is 5.58. The summed E-state index contributed by atoms with van der Waals surface area (Å²) in [6, 6.07) is 21.0. The SMILES string of the molecule is O=C1NCCCN(C(=O)CCOc2ccccc2)CCOc2cccc(c2)[C@H]2CN(C(=O)CCc3ccncc3)C[C@H]12. The van der Waals surface area contributed by atoms with Crippen LogP contribution >= 0.6 is 0 Å². The molecule has 1 saturated heterocycles. The normalized spacial score (nSPS) is 19.2. The first-order valence-corrected chi connectivity index (χ1v) is 14.7. The van der Waals surface area contributed by atoms with Gasteiger partial charge >= 0.3 is 0 Å². The van der Waals surface area contributed by atoms with E-state index in [1.807, 2.05) is 71.6 Å².